The number of pyridine rings is 1. The number of hydrogen-bond donors (Lipinski definition) is 4. The molecule has 1 amide bonds. The minimum absolute atomic E-state index is 0.108. The van der Waals surface area contributed by atoms with Gasteiger partial charge in [0.2, 0.25) is 5.88 Å². The number of nitrogens with zero attached hydrogens (tertiary/aromatic N) is 5. The Kier molecular flexibility index (Phi) is 13.3. The highest BCUT2D eigenvalue weighted by molar-refractivity contribution is 7.90. The first-order valence-electron chi connectivity index (χ1n) is 23.1. The highest BCUT2D eigenvalue weighted by atomic mass is 35.5. The quantitative estimate of drug-likeness (QED) is 0.0528. The van der Waals surface area contributed by atoms with Gasteiger partial charge < -0.3 is 24.8 Å². The van der Waals surface area contributed by atoms with Crippen LogP contribution in [0.5, 0.6) is 5.88 Å². The van der Waals surface area contributed by atoms with Gasteiger partial charge >= 0.3 is 0 Å². The summed E-state index contributed by atoms with van der Waals surface area (Å²) in [5, 5.41) is 17.0. The molecule has 0 unspecified atom stereocenters. The SMILES string of the molecule is CC1(C)CCC(CN2CCN(c3ccc(C(=O)NS(=O)(=O)c4ccc(NCC5CC[P+](C)(O)CC5)c([N+](=O)[O-])c4)c(N4CCCOc5nc6[nH]ccc6cc54)c3)CC2)=C(c2ccc(Cl)cc2)C1. The molecular weight excluding hydrogens is 911 g/mol. The number of carbonyl (C=O) groups is 1. The Labute approximate surface area is 397 Å². The van der Waals surface area contributed by atoms with Crippen LogP contribution in [-0.4, -0.2) is 110 Å². The molecule has 67 heavy (non-hydrogen) atoms. The number of H-pyrrole nitrogens is 1. The van der Waals surface area contributed by atoms with E-state index in [1.54, 1.807) is 12.3 Å². The molecule has 9 rings (SSSR count). The van der Waals surface area contributed by atoms with Crippen molar-refractivity contribution in [1.29, 1.82) is 0 Å². The molecule has 3 aromatic carbocycles. The number of benzene rings is 3. The zero-order valence-electron chi connectivity index (χ0n) is 38.3. The van der Waals surface area contributed by atoms with Crippen molar-refractivity contribution >= 4 is 80.1 Å². The maximum atomic E-state index is 14.4. The summed E-state index contributed by atoms with van der Waals surface area (Å²) in [6.07, 6.45) is 8.72. The molecule has 0 spiro atoms. The molecule has 0 saturated carbocycles. The summed E-state index contributed by atoms with van der Waals surface area (Å²) < 4.78 is 36.4. The monoisotopic (exact) mass is 969 g/mol. The van der Waals surface area contributed by atoms with Gasteiger partial charge in [-0.05, 0) is 116 Å². The molecule has 2 saturated heterocycles. The molecule has 4 N–H and O–H groups in total. The highest BCUT2D eigenvalue weighted by Crippen LogP contribution is 2.55. The number of aromatic nitrogens is 2. The van der Waals surface area contributed by atoms with Crippen molar-refractivity contribution in [2.75, 3.05) is 86.5 Å². The van der Waals surface area contributed by atoms with E-state index < -0.39 is 38.9 Å². The number of ether oxygens (including phenoxy) is 1. The van der Waals surface area contributed by atoms with Crippen LogP contribution in [0.3, 0.4) is 0 Å². The number of halogens is 1. The zero-order valence-corrected chi connectivity index (χ0v) is 40.7. The topological polar surface area (TPSA) is 186 Å². The van der Waals surface area contributed by atoms with Crippen LogP contribution >= 0.6 is 19.1 Å². The fraction of sp³-hybridized carbons (Fsp3) is 0.429. The summed E-state index contributed by atoms with van der Waals surface area (Å²) in [4.78, 5) is 50.8. The predicted octanol–water partition coefficient (Wildman–Crippen LogP) is 9.33. The molecule has 5 aromatic rings. The number of nitro benzene ring substituents is 1. The number of nitro groups is 1. The average molecular weight is 971 g/mol. The van der Waals surface area contributed by atoms with Crippen molar-refractivity contribution in [3.05, 3.63) is 111 Å². The Bertz CT molecular complexity index is 2820. The standard InChI is InChI=1S/C49H58ClN8O7PS/c1-49(2)17-13-36(41(30-49)34-5-7-37(50)8-6-34)32-55-20-22-56(23-21-55)38-9-11-40(43(28-38)57-19-4-24-65-48-45(57)27-35-14-18-51-46(35)53-48)47(59)54-67(63,64)39-10-12-42(44(29-39)58(60)61)52-31-33-15-25-66(3,62)26-16-33/h5-12,14,18,27-29,33,52,62H,4,13,15-17,19-26,30-32H2,1-3H3,(H-,51,53,54,59)/p+1. The third-order valence-electron chi connectivity index (χ3n) is 13.9. The van der Waals surface area contributed by atoms with Crippen LogP contribution in [0.2, 0.25) is 5.02 Å². The maximum Gasteiger partial charge on any atom is 0.293 e. The smallest absolute Gasteiger partial charge is 0.293 e. The molecule has 15 nitrogen and oxygen atoms in total. The fourth-order valence-corrected chi connectivity index (χ4v) is 13.1. The van der Waals surface area contributed by atoms with E-state index in [4.69, 9.17) is 21.3 Å². The van der Waals surface area contributed by atoms with Gasteiger partial charge in [0.1, 0.15) is 24.5 Å². The number of carbonyl (C=O) groups excluding carboxylic acids is 1. The Morgan fingerprint density at radius 3 is 2.52 bits per heavy atom. The number of rotatable bonds is 12. The lowest BCUT2D eigenvalue weighted by molar-refractivity contribution is -0.384. The highest BCUT2D eigenvalue weighted by Gasteiger charge is 2.36. The summed E-state index contributed by atoms with van der Waals surface area (Å²) in [6.45, 7) is 11.9. The van der Waals surface area contributed by atoms with Crippen molar-refractivity contribution in [3.8, 4) is 5.88 Å². The number of aromatic amines is 1. The minimum Gasteiger partial charge on any atom is -0.476 e. The number of amides is 1. The van der Waals surface area contributed by atoms with Gasteiger partial charge in [0.25, 0.3) is 21.6 Å². The second-order valence-corrected chi connectivity index (χ2v) is 25.1. The predicted molar refractivity (Wildman–Crippen MR) is 268 cm³/mol. The zero-order chi connectivity index (χ0) is 47.1. The van der Waals surface area contributed by atoms with Crippen LogP contribution in [0.25, 0.3) is 16.6 Å². The Hall–Kier alpha value is -5.25. The number of fused-ring (bicyclic) bond motifs is 2. The van der Waals surface area contributed by atoms with E-state index >= 15 is 0 Å². The molecule has 0 radical (unpaired) electrons. The number of allylic oxidation sites excluding steroid dienone is 1. The van der Waals surface area contributed by atoms with Gasteiger partial charge in [0, 0.05) is 74.2 Å². The van der Waals surface area contributed by atoms with Gasteiger partial charge in [0.15, 0.2) is 0 Å². The van der Waals surface area contributed by atoms with Crippen LogP contribution in [0.1, 0.15) is 68.3 Å². The molecule has 18 heteroatoms. The van der Waals surface area contributed by atoms with Crippen LogP contribution in [0.15, 0.2) is 89.5 Å². The van der Waals surface area contributed by atoms with Crippen molar-refractivity contribution in [1.82, 2.24) is 19.6 Å². The van der Waals surface area contributed by atoms with E-state index in [1.165, 1.54) is 28.8 Å². The second-order valence-electron chi connectivity index (χ2n) is 19.5. The molecule has 0 atom stereocenters. The van der Waals surface area contributed by atoms with E-state index in [0.29, 0.717) is 49.0 Å². The van der Waals surface area contributed by atoms with E-state index in [2.05, 4.69) is 50.8 Å². The molecule has 4 aliphatic rings. The van der Waals surface area contributed by atoms with Crippen molar-refractivity contribution in [3.63, 3.8) is 0 Å². The first kappa shape index (κ1) is 46.8. The number of anilines is 4. The van der Waals surface area contributed by atoms with Crippen LogP contribution in [0, 0.1) is 21.4 Å². The lowest BCUT2D eigenvalue weighted by atomic mass is 9.72. The van der Waals surface area contributed by atoms with E-state index in [9.17, 15) is 28.2 Å². The molecule has 1 aliphatic carbocycles. The lowest BCUT2D eigenvalue weighted by Gasteiger charge is -2.39. The van der Waals surface area contributed by atoms with Gasteiger partial charge in [-0.3, -0.25) is 24.7 Å². The van der Waals surface area contributed by atoms with Gasteiger partial charge in [-0.2, -0.15) is 4.98 Å². The van der Waals surface area contributed by atoms with E-state index in [-0.39, 0.29) is 22.6 Å². The second kappa shape index (κ2) is 19.0. The van der Waals surface area contributed by atoms with Crippen LogP contribution < -0.4 is 24.6 Å². The van der Waals surface area contributed by atoms with E-state index in [1.807, 2.05) is 48.0 Å². The Morgan fingerprint density at radius 2 is 1.78 bits per heavy atom. The Balaban J connectivity index is 0.975. The number of nitrogens with one attached hydrogen (secondary N) is 3. The summed E-state index contributed by atoms with van der Waals surface area (Å²) in [6, 6.07) is 21.2. The third-order valence-corrected chi connectivity index (χ3v) is 17.9. The molecular formula is C49H59ClN8O7PS+. The van der Waals surface area contributed by atoms with Gasteiger partial charge in [0.05, 0.1) is 46.7 Å². The number of sulfonamides is 1. The maximum absolute atomic E-state index is 14.4. The number of piperazine rings is 1. The lowest BCUT2D eigenvalue weighted by Crippen LogP contribution is -2.47. The Morgan fingerprint density at radius 1 is 1.01 bits per heavy atom. The average Bonchev–Trinajstić information content (AvgIpc) is 3.66. The molecule has 354 valence electrons. The first-order chi connectivity index (χ1) is 32.0. The van der Waals surface area contributed by atoms with Gasteiger partial charge in [-0.25, -0.2) is 13.1 Å². The van der Waals surface area contributed by atoms with Gasteiger partial charge in [-0.1, -0.05) is 43.2 Å². The first-order valence-corrected chi connectivity index (χ1v) is 27.6. The van der Waals surface area contributed by atoms with Crippen molar-refractivity contribution in [2.45, 2.75) is 57.3 Å². The van der Waals surface area contributed by atoms with Crippen molar-refractivity contribution < 1.29 is 27.8 Å². The normalized spacial score (nSPS) is 21.4. The number of hydrogen-bond acceptors (Lipinski definition) is 12. The molecule has 0 bridgehead atoms. The largest absolute Gasteiger partial charge is 0.476 e. The van der Waals surface area contributed by atoms with Crippen LogP contribution in [0.4, 0.5) is 28.4 Å². The minimum atomic E-state index is -4.59. The summed E-state index contributed by atoms with van der Waals surface area (Å²) in [7, 11) is -6.46. The summed E-state index contributed by atoms with van der Waals surface area (Å²) in [5.41, 5.74) is 6.89. The van der Waals surface area contributed by atoms with E-state index in [0.717, 1.165) is 99.3 Å². The van der Waals surface area contributed by atoms with Crippen LogP contribution in [-0.2, 0) is 10.0 Å². The molecule has 2 fully saturated rings. The fourth-order valence-electron chi connectivity index (χ4n) is 9.90. The molecule has 5 heterocycles. The molecule has 3 aliphatic heterocycles. The van der Waals surface area contributed by atoms with Gasteiger partial charge in [-0.15, -0.1) is 0 Å². The third kappa shape index (κ3) is 10.6. The molecule has 2 aromatic heterocycles. The van der Waals surface area contributed by atoms with Crippen molar-refractivity contribution in [2.24, 2.45) is 11.3 Å². The summed E-state index contributed by atoms with van der Waals surface area (Å²) >= 11 is 6.27. The summed E-state index contributed by atoms with van der Waals surface area (Å²) in [5.74, 6) is -0.260.